The molecule has 0 bridgehead atoms. The molecule has 3 aromatic heterocycles. The number of para-hydroxylation sites is 1. The maximum atomic E-state index is 13.0. The first-order chi connectivity index (χ1) is 14.6. The molecule has 5 rings (SSSR count). The van der Waals surface area contributed by atoms with E-state index in [9.17, 15) is 4.79 Å². The lowest BCUT2D eigenvalue weighted by atomic mass is 10.1. The van der Waals surface area contributed by atoms with Crippen molar-refractivity contribution in [2.75, 3.05) is 5.32 Å². The van der Waals surface area contributed by atoms with Crippen molar-refractivity contribution < 1.29 is 4.42 Å². The highest BCUT2D eigenvalue weighted by Crippen LogP contribution is 2.20. The van der Waals surface area contributed by atoms with Crippen LogP contribution in [0.25, 0.3) is 16.7 Å². The number of aromatic amines is 1. The van der Waals surface area contributed by atoms with Crippen molar-refractivity contribution in [1.29, 1.82) is 0 Å². The molecule has 0 fully saturated rings. The van der Waals surface area contributed by atoms with E-state index >= 15 is 0 Å². The number of hydrogen-bond donors (Lipinski definition) is 2. The minimum absolute atomic E-state index is 0.193. The topological polar surface area (TPSA) is 88.2 Å². The molecule has 5 aromatic rings. The van der Waals surface area contributed by atoms with Crippen LogP contribution in [0.15, 0.2) is 63.8 Å². The van der Waals surface area contributed by atoms with Gasteiger partial charge in [0.15, 0.2) is 0 Å². The van der Waals surface area contributed by atoms with Gasteiger partial charge >= 0.3 is 0 Å². The number of fused-ring (bicyclic) bond motifs is 2. The molecule has 30 heavy (non-hydrogen) atoms. The zero-order valence-electron chi connectivity index (χ0n) is 16.1. The van der Waals surface area contributed by atoms with Gasteiger partial charge in [0, 0.05) is 22.4 Å². The van der Waals surface area contributed by atoms with Gasteiger partial charge in [-0.2, -0.15) is 9.50 Å². The lowest BCUT2D eigenvalue weighted by molar-refractivity contribution is 0.558. The quantitative estimate of drug-likeness (QED) is 0.442. The van der Waals surface area contributed by atoms with E-state index in [4.69, 9.17) is 16.0 Å². The van der Waals surface area contributed by atoms with E-state index in [0.717, 1.165) is 22.3 Å². The van der Waals surface area contributed by atoms with Gasteiger partial charge in [-0.1, -0.05) is 48.0 Å². The molecule has 2 aromatic carbocycles. The molecule has 2 N–H and O–H groups in total. The Hall–Kier alpha value is -3.58. The summed E-state index contributed by atoms with van der Waals surface area (Å²) in [6, 6.07) is 17.3. The number of aryl methyl sites for hydroxylation is 1. The molecule has 0 radical (unpaired) electrons. The van der Waals surface area contributed by atoms with Gasteiger partial charge in [-0.3, -0.25) is 9.89 Å². The first-order valence-corrected chi connectivity index (χ1v) is 9.89. The van der Waals surface area contributed by atoms with Crippen LogP contribution in [0.2, 0.25) is 5.02 Å². The molecule has 0 amide bonds. The Kier molecular flexibility index (Phi) is 4.52. The third-order valence-corrected chi connectivity index (χ3v) is 5.40. The minimum atomic E-state index is -0.193. The summed E-state index contributed by atoms with van der Waals surface area (Å²) < 4.78 is 7.15. The van der Waals surface area contributed by atoms with Crippen LogP contribution in [0.1, 0.15) is 22.6 Å². The van der Waals surface area contributed by atoms with E-state index in [1.165, 1.54) is 4.52 Å². The smallest absolute Gasteiger partial charge is 0.277 e. The van der Waals surface area contributed by atoms with Gasteiger partial charge in [-0.25, -0.2) is 4.98 Å². The number of nitrogens with zero attached hydrogens (tertiary/aromatic N) is 3. The highest BCUT2D eigenvalue weighted by molar-refractivity contribution is 6.31. The zero-order valence-corrected chi connectivity index (χ0v) is 16.9. The molecule has 3 heterocycles. The van der Waals surface area contributed by atoms with Gasteiger partial charge in [-0.05, 0) is 30.7 Å². The number of aromatic nitrogens is 4. The Morgan fingerprint density at radius 1 is 1.13 bits per heavy atom. The van der Waals surface area contributed by atoms with Crippen LogP contribution in [-0.2, 0) is 13.0 Å². The molecule has 0 saturated heterocycles. The highest BCUT2D eigenvalue weighted by Gasteiger charge is 2.15. The van der Waals surface area contributed by atoms with Crippen molar-refractivity contribution in [3.05, 3.63) is 92.6 Å². The maximum Gasteiger partial charge on any atom is 0.277 e. The van der Waals surface area contributed by atoms with E-state index in [1.807, 2.05) is 61.5 Å². The van der Waals surface area contributed by atoms with Crippen LogP contribution in [0, 0.1) is 6.92 Å². The third-order valence-electron chi connectivity index (χ3n) is 5.03. The number of nitrogens with one attached hydrogen (secondary N) is 2. The number of hydrogen-bond acceptors (Lipinski definition) is 5. The van der Waals surface area contributed by atoms with Crippen molar-refractivity contribution in [2.45, 2.75) is 19.9 Å². The molecule has 7 nitrogen and oxygen atoms in total. The Morgan fingerprint density at radius 3 is 2.77 bits per heavy atom. The summed E-state index contributed by atoms with van der Waals surface area (Å²) >= 11 is 6.26. The number of benzene rings is 2. The van der Waals surface area contributed by atoms with E-state index in [0.29, 0.717) is 41.0 Å². The Morgan fingerprint density at radius 2 is 1.93 bits per heavy atom. The third kappa shape index (κ3) is 3.33. The molecule has 8 heteroatoms. The fourth-order valence-corrected chi connectivity index (χ4v) is 3.67. The van der Waals surface area contributed by atoms with Gasteiger partial charge in [0.1, 0.15) is 11.3 Å². The van der Waals surface area contributed by atoms with Crippen LogP contribution >= 0.6 is 11.6 Å². The largest absolute Gasteiger partial charge is 0.459 e. The summed E-state index contributed by atoms with van der Waals surface area (Å²) in [6.07, 6.45) is 0.404. The number of H-pyrrole nitrogens is 1. The van der Waals surface area contributed by atoms with Crippen LogP contribution in [0.5, 0.6) is 0 Å². The summed E-state index contributed by atoms with van der Waals surface area (Å²) in [6.45, 7) is 2.23. The average molecular weight is 420 g/mol. The van der Waals surface area contributed by atoms with E-state index in [-0.39, 0.29) is 5.56 Å². The first-order valence-electron chi connectivity index (χ1n) is 9.51. The summed E-state index contributed by atoms with van der Waals surface area (Å²) in [5.74, 6) is 1.52. The second kappa shape index (κ2) is 7.35. The fraction of sp³-hybridized carbons (Fsp3) is 0.136. The Bertz CT molecular complexity index is 1400. The van der Waals surface area contributed by atoms with Gasteiger partial charge < -0.3 is 9.73 Å². The Balaban J connectivity index is 1.43. The lowest BCUT2D eigenvalue weighted by Crippen LogP contribution is -2.22. The first kappa shape index (κ1) is 18.4. The van der Waals surface area contributed by atoms with Crippen molar-refractivity contribution >= 4 is 34.3 Å². The van der Waals surface area contributed by atoms with E-state index < -0.39 is 0 Å². The van der Waals surface area contributed by atoms with Crippen LogP contribution in [0.4, 0.5) is 5.95 Å². The molecule has 0 aliphatic carbocycles. The SMILES string of the molecule is Cc1nc2nc(NCc3cc4ccccc4o3)[nH]n2c(=O)c1Cc1ccccc1Cl. The molecule has 0 aliphatic rings. The number of halogens is 1. The van der Waals surface area contributed by atoms with Crippen molar-refractivity contribution in [3.63, 3.8) is 0 Å². The second-order valence-corrected chi connectivity index (χ2v) is 7.47. The molecule has 150 valence electrons. The average Bonchev–Trinajstić information content (AvgIpc) is 3.34. The van der Waals surface area contributed by atoms with Gasteiger partial charge in [-0.15, -0.1) is 0 Å². The summed E-state index contributed by atoms with van der Waals surface area (Å²) in [7, 11) is 0. The lowest BCUT2D eigenvalue weighted by Gasteiger charge is -2.06. The van der Waals surface area contributed by atoms with Crippen molar-refractivity contribution in [2.24, 2.45) is 0 Å². The maximum absolute atomic E-state index is 13.0. The molecule has 0 spiro atoms. The van der Waals surface area contributed by atoms with Gasteiger partial charge in [0.05, 0.1) is 12.2 Å². The van der Waals surface area contributed by atoms with E-state index in [2.05, 4.69) is 20.4 Å². The van der Waals surface area contributed by atoms with Crippen LogP contribution in [0.3, 0.4) is 0 Å². The predicted octanol–water partition coefficient (Wildman–Crippen LogP) is 4.33. The molecular formula is C22H18ClN5O2. The van der Waals surface area contributed by atoms with Crippen molar-refractivity contribution in [1.82, 2.24) is 19.6 Å². The zero-order chi connectivity index (χ0) is 20.7. The fourth-order valence-electron chi connectivity index (χ4n) is 3.46. The normalized spacial score (nSPS) is 11.4. The summed E-state index contributed by atoms with van der Waals surface area (Å²) in [5.41, 5.74) is 2.73. The summed E-state index contributed by atoms with van der Waals surface area (Å²) in [4.78, 5) is 21.9. The van der Waals surface area contributed by atoms with Crippen molar-refractivity contribution in [3.8, 4) is 0 Å². The molecule has 0 saturated carbocycles. The predicted molar refractivity (Wildman–Crippen MR) is 116 cm³/mol. The van der Waals surface area contributed by atoms with Crippen LogP contribution in [-0.4, -0.2) is 19.6 Å². The number of rotatable bonds is 5. The monoisotopic (exact) mass is 419 g/mol. The second-order valence-electron chi connectivity index (χ2n) is 7.06. The molecular weight excluding hydrogens is 402 g/mol. The number of furan rings is 1. The van der Waals surface area contributed by atoms with Gasteiger partial charge in [0.25, 0.3) is 11.3 Å². The minimum Gasteiger partial charge on any atom is -0.459 e. The van der Waals surface area contributed by atoms with Gasteiger partial charge in [0.2, 0.25) is 5.95 Å². The van der Waals surface area contributed by atoms with Crippen LogP contribution < -0.4 is 10.9 Å². The molecule has 0 unspecified atom stereocenters. The molecule has 0 aliphatic heterocycles. The summed E-state index contributed by atoms with van der Waals surface area (Å²) in [5, 5.41) is 7.80. The highest BCUT2D eigenvalue weighted by atomic mass is 35.5. The Labute approximate surface area is 176 Å². The molecule has 0 atom stereocenters. The standard InChI is InChI=1S/C22H18ClN5O2/c1-13-17(11-14-6-2-4-8-18(14)23)20(29)28-22(25-13)26-21(27-28)24-12-16-10-15-7-3-5-9-19(15)30-16/h2-10H,11-12H2,1H3,(H2,24,25,26,27). The number of anilines is 1. The van der Waals surface area contributed by atoms with E-state index in [1.54, 1.807) is 0 Å².